The van der Waals surface area contributed by atoms with Gasteiger partial charge in [0.05, 0.1) is 24.4 Å². The maximum absolute atomic E-state index is 10.8. The number of hydrogen-bond acceptors (Lipinski definition) is 8. The van der Waals surface area contributed by atoms with Crippen LogP contribution in [0.5, 0.6) is 0 Å². The van der Waals surface area contributed by atoms with Crippen molar-refractivity contribution >= 4 is 0 Å². The van der Waals surface area contributed by atoms with E-state index in [9.17, 15) is 30.6 Å². The number of hydrogen-bond donors (Lipinski definition) is 6. The SMILES string of the molecule is C=C1/C(=C/C=C2\CCC[C@]3(C)[C@@H]([C@H](C)CCCC(C)(C)O)CC[C@@H]23)C[C@@H](O[C@@H]2O[C@H](CO)[C@@H](O)[C@H](O)[C@H]2O)C[C@@H]1O. The van der Waals surface area contributed by atoms with Crippen molar-refractivity contribution in [2.75, 3.05) is 6.61 Å². The van der Waals surface area contributed by atoms with Crippen molar-refractivity contribution in [2.45, 2.75) is 140 Å². The second kappa shape index (κ2) is 13.3. The molecule has 0 aromatic rings. The summed E-state index contributed by atoms with van der Waals surface area (Å²) >= 11 is 0. The van der Waals surface area contributed by atoms with Gasteiger partial charge in [-0.25, -0.2) is 0 Å². The third kappa shape index (κ3) is 7.35. The predicted molar refractivity (Wildman–Crippen MR) is 157 cm³/mol. The molecule has 4 fully saturated rings. The van der Waals surface area contributed by atoms with Crippen molar-refractivity contribution in [1.29, 1.82) is 0 Å². The fraction of sp³-hybridized carbons (Fsp3) is 0.818. The highest BCUT2D eigenvalue weighted by molar-refractivity contribution is 5.39. The molecule has 0 amide bonds. The molecular weight excluding hydrogens is 524 g/mol. The van der Waals surface area contributed by atoms with E-state index < -0.39 is 55.1 Å². The summed E-state index contributed by atoms with van der Waals surface area (Å²) in [4.78, 5) is 0. The van der Waals surface area contributed by atoms with E-state index in [1.165, 1.54) is 31.3 Å². The molecule has 0 unspecified atom stereocenters. The first-order valence-electron chi connectivity index (χ1n) is 15.7. The third-order valence-electron chi connectivity index (χ3n) is 10.6. The van der Waals surface area contributed by atoms with Crippen LogP contribution in [0.1, 0.15) is 91.9 Å². The molecule has 41 heavy (non-hydrogen) atoms. The van der Waals surface area contributed by atoms with Crippen LogP contribution in [0, 0.1) is 23.2 Å². The van der Waals surface area contributed by atoms with Crippen LogP contribution >= 0.6 is 0 Å². The van der Waals surface area contributed by atoms with Crippen LogP contribution < -0.4 is 0 Å². The molecule has 8 heteroatoms. The van der Waals surface area contributed by atoms with Gasteiger partial charge in [0.1, 0.15) is 24.4 Å². The first kappa shape index (κ1) is 32.8. The molecule has 8 nitrogen and oxygen atoms in total. The van der Waals surface area contributed by atoms with Crippen molar-refractivity contribution in [3.63, 3.8) is 0 Å². The molecule has 4 rings (SSSR count). The van der Waals surface area contributed by atoms with E-state index in [2.05, 4.69) is 32.6 Å². The molecule has 4 aliphatic rings. The van der Waals surface area contributed by atoms with Crippen LogP contribution in [0.2, 0.25) is 0 Å². The van der Waals surface area contributed by atoms with Crippen LogP contribution in [-0.4, -0.2) is 85.8 Å². The van der Waals surface area contributed by atoms with Crippen molar-refractivity contribution in [2.24, 2.45) is 23.2 Å². The number of aliphatic hydroxyl groups excluding tert-OH is 5. The van der Waals surface area contributed by atoms with E-state index in [0.717, 1.165) is 31.3 Å². The van der Waals surface area contributed by atoms with Gasteiger partial charge in [0.25, 0.3) is 0 Å². The second-order valence-corrected chi connectivity index (χ2v) is 14.1. The summed E-state index contributed by atoms with van der Waals surface area (Å²) in [6.07, 6.45) is 6.02. The van der Waals surface area contributed by atoms with Crippen molar-refractivity contribution < 1.29 is 40.1 Å². The van der Waals surface area contributed by atoms with Crippen LogP contribution in [-0.2, 0) is 9.47 Å². The van der Waals surface area contributed by atoms with Crippen LogP contribution in [0.25, 0.3) is 0 Å². The van der Waals surface area contributed by atoms with Gasteiger partial charge in [0, 0.05) is 6.42 Å². The van der Waals surface area contributed by atoms with Gasteiger partial charge in [0.15, 0.2) is 6.29 Å². The van der Waals surface area contributed by atoms with Crippen LogP contribution in [0.15, 0.2) is 35.5 Å². The molecule has 0 aromatic carbocycles. The number of ether oxygens (including phenoxy) is 2. The van der Waals surface area contributed by atoms with Gasteiger partial charge in [0.2, 0.25) is 0 Å². The Kier molecular flexibility index (Phi) is 10.6. The van der Waals surface area contributed by atoms with Gasteiger partial charge in [-0.05, 0) is 93.1 Å². The third-order valence-corrected chi connectivity index (χ3v) is 10.6. The lowest BCUT2D eigenvalue weighted by atomic mass is 9.60. The highest BCUT2D eigenvalue weighted by Gasteiger charge is 2.50. The maximum Gasteiger partial charge on any atom is 0.186 e. The van der Waals surface area contributed by atoms with E-state index in [-0.39, 0.29) is 11.8 Å². The monoisotopic (exact) mass is 578 g/mol. The standard InChI is InChI=1S/C33H54O8/c1-19(8-6-14-32(3,4)39)24-12-13-25-21(9-7-15-33(24,25)5)10-11-22-16-23(17-26(35)20(22)2)40-31-30(38)29(37)28(36)27(18-34)41-31/h10-11,19,23-31,34-39H,2,6-9,12-18H2,1,3-5H3/b21-10+,22-11+/t19-,23-,24-,25+,26+,27-,28-,29+,30-,31-,33-/m1/s1. The molecule has 1 heterocycles. The fourth-order valence-electron chi connectivity index (χ4n) is 8.19. The van der Waals surface area contributed by atoms with Gasteiger partial charge in [-0.15, -0.1) is 0 Å². The van der Waals surface area contributed by atoms with Gasteiger partial charge >= 0.3 is 0 Å². The minimum atomic E-state index is -1.51. The van der Waals surface area contributed by atoms with Gasteiger partial charge in [-0.3, -0.25) is 0 Å². The molecule has 3 saturated carbocycles. The summed E-state index contributed by atoms with van der Waals surface area (Å²) < 4.78 is 11.5. The minimum absolute atomic E-state index is 0.272. The molecule has 0 spiro atoms. The summed E-state index contributed by atoms with van der Waals surface area (Å²) in [5.74, 6) is 1.84. The van der Waals surface area contributed by atoms with E-state index in [0.29, 0.717) is 29.7 Å². The molecule has 1 saturated heterocycles. The Morgan fingerprint density at radius 3 is 2.54 bits per heavy atom. The lowest BCUT2D eigenvalue weighted by molar-refractivity contribution is -0.312. The van der Waals surface area contributed by atoms with Crippen molar-refractivity contribution in [1.82, 2.24) is 0 Å². The molecule has 0 radical (unpaired) electrons. The lowest BCUT2D eigenvalue weighted by Crippen LogP contribution is -2.59. The Hall–Kier alpha value is -1.10. The quantitative estimate of drug-likeness (QED) is 0.244. The summed E-state index contributed by atoms with van der Waals surface area (Å²) in [6.45, 7) is 12.3. The van der Waals surface area contributed by atoms with Crippen LogP contribution in [0.4, 0.5) is 0 Å². The molecule has 3 aliphatic carbocycles. The zero-order valence-electron chi connectivity index (χ0n) is 25.4. The van der Waals surface area contributed by atoms with Crippen molar-refractivity contribution in [3.8, 4) is 0 Å². The highest BCUT2D eigenvalue weighted by atomic mass is 16.7. The number of rotatable bonds is 9. The van der Waals surface area contributed by atoms with E-state index in [4.69, 9.17) is 9.47 Å². The largest absolute Gasteiger partial charge is 0.394 e. The Labute approximate surface area is 245 Å². The topological polar surface area (TPSA) is 140 Å². The Balaban J connectivity index is 1.44. The summed E-state index contributed by atoms with van der Waals surface area (Å²) in [5, 5.41) is 61.0. The second-order valence-electron chi connectivity index (χ2n) is 14.1. The number of allylic oxidation sites excluding steroid dienone is 3. The molecule has 11 atom stereocenters. The first-order valence-corrected chi connectivity index (χ1v) is 15.7. The minimum Gasteiger partial charge on any atom is -0.394 e. The zero-order chi connectivity index (χ0) is 30.1. The normalized spacial score (nSPS) is 43.0. The lowest BCUT2D eigenvalue weighted by Gasteiger charge is -2.44. The van der Waals surface area contributed by atoms with Crippen LogP contribution in [0.3, 0.4) is 0 Å². The first-order chi connectivity index (χ1) is 19.2. The summed E-state index contributed by atoms with van der Waals surface area (Å²) in [5.41, 5.74) is 2.70. The molecule has 1 aliphatic heterocycles. The number of aliphatic hydroxyl groups is 6. The highest BCUT2D eigenvalue weighted by Crippen LogP contribution is 2.60. The van der Waals surface area contributed by atoms with E-state index >= 15 is 0 Å². The molecular formula is C33H54O8. The smallest absolute Gasteiger partial charge is 0.186 e. The Morgan fingerprint density at radius 1 is 1.12 bits per heavy atom. The van der Waals surface area contributed by atoms with E-state index in [1.807, 2.05) is 13.8 Å². The average molecular weight is 579 g/mol. The summed E-state index contributed by atoms with van der Waals surface area (Å²) in [7, 11) is 0. The predicted octanol–water partition coefficient (Wildman–Crippen LogP) is 3.53. The molecule has 234 valence electrons. The van der Waals surface area contributed by atoms with Crippen molar-refractivity contribution in [3.05, 3.63) is 35.5 Å². The summed E-state index contributed by atoms with van der Waals surface area (Å²) in [6, 6.07) is 0. The number of fused-ring (bicyclic) bond motifs is 1. The Morgan fingerprint density at radius 2 is 1.85 bits per heavy atom. The van der Waals surface area contributed by atoms with Gasteiger partial charge in [-0.1, -0.05) is 51.0 Å². The fourth-order valence-corrected chi connectivity index (χ4v) is 8.19. The van der Waals surface area contributed by atoms with Gasteiger partial charge in [-0.2, -0.15) is 0 Å². The van der Waals surface area contributed by atoms with Gasteiger partial charge < -0.3 is 40.1 Å². The zero-order valence-corrected chi connectivity index (χ0v) is 25.4. The molecule has 0 aromatic heterocycles. The maximum atomic E-state index is 10.8. The molecule has 0 bridgehead atoms. The molecule has 6 N–H and O–H groups in total. The van der Waals surface area contributed by atoms with E-state index in [1.54, 1.807) is 0 Å². The average Bonchev–Trinajstić information content (AvgIpc) is 3.27. The Bertz CT molecular complexity index is 967.